The average molecular weight is 237 g/mol. The standard InChI is InChI=1S/C13H13ClO2/c1-2-13(15)11-5-7-12(8-6-11)16-10-4-3-9-14/h5-8H,2,9-10H2,1H3. The summed E-state index contributed by atoms with van der Waals surface area (Å²) < 4.78 is 5.33. The lowest BCUT2D eigenvalue weighted by atomic mass is 10.1. The van der Waals surface area contributed by atoms with Gasteiger partial charge in [-0.1, -0.05) is 18.8 Å². The first-order valence-electron chi connectivity index (χ1n) is 5.05. The smallest absolute Gasteiger partial charge is 0.162 e. The molecule has 0 aromatic heterocycles. The summed E-state index contributed by atoms with van der Waals surface area (Å²) in [4.78, 5) is 11.3. The van der Waals surface area contributed by atoms with Gasteiger partial charge < -0.3 is 4.74 Å². The predicted octanol–water partition coefficient (Wildman–Crippen LogP) is 2.90. The van der Waals surface area contributed by atoms with Gasteiger partial charge in [-0.2, -0.15) is 0 Å². The zero-order chi connectivity index (χ0) is 11.8. The van der Waals surface area contributed by atoms with Gasteiger partial charge in [0.1, 0.15) is 12.4 Å². The number of ketones is 1. The van der Waals surface area contributed by atoms with Crippen LogP contribution in [0.5, 0.6) is 5.75 Å². The number of rotatable bonds is 4. The van der Waals surface area contributed by atoms with Crippen LogP contribution in [0, 0.1) is 11.8 Å². The molecule has 0 aliphatic rings. The molecule has 3 heteroatoms. The highest BCUT2D eigenvalue weighted by atomic mass is 35.5. The van der Waals surface area contributed by atoms with Gasteiger partial charge in [0.05, 0.1) is 5.88 Å². The number of halogens is 1. The van der Waals surface area contributed by atoms with Gasteiger partial charge in [-0.3, -0.25) is 4.79 Å². The molecule has 16 heavy (non-hydrogen) atoms. The number of carbonyl (C=O) groups excluding carboxylic acids is 1. The Labute approximate surface area is 101 Å². The maximum Gasteiger partial charge on any atom is 0.162 e. The fourth-order valence-electron chi connectivity index (χ4n) is 1.16. The fraction of sp³-hybridized carbons (Fsp3) is 0.308. The van der Waals surface area contributed by atoms with Crippen molar-refractivity contribution in [1.29, 1.82) is 0 Å². The summed E-state index contributed by atoms with van der Waals surface area (Å²) in [5, 5.41) is 0. The number of Topliss-reactive ketones (excluding diaryl/α,β-unsaturated/α-hetero) is 1. The largest absolute Gasteiger partial charge is 0.481 e. The van der Waals surface area contributed by atoms with Crippen molar-refractivity contribution in [2.45, 2.75) is 13.3 Å². The zero-order valence-electron chi connectivity index (χ0n) is 9.13. The second-order valence-corrected chi connectivity index (χ2v) is 3.34. The van der Waals surface area contributed by atoms with Crippen LogP contribution in [0.2, 0.25) is 0 Å². The summed E-state index contributed by atoms with van der Waals surface area (Å²) in [5.74, 6) is 6.61. The Bertz CT molecular complexity index is 398. The van der Waals surface area contributed by atoms with Crippen molar-refractivity contribution in [3.63, 3.8) is 0 Å². The summed E-state index contributed by atoms with van der Waals surface area (Å²) in [6.45, 7) is 2.16. The molecule has 0 atom stereocenters. The second kappa shape index (κ2) is 6.92. The first kappa shape index (κ1) is 12.6. The van der Waals surface area contributed by atoms with Crippen LogP contribution in [0.3, 0.4) is 0 Å². The van der Waals surface area contributed by atoms with Gasteiger partial charge in [0.15, 0.2) is 5.78 Å². The molecule has 0 heterocycles. The summed E-state index contributed by atoms with van der Waals surface area (Å²) in [6, 6.07) is 7.06. The van der Waals surface area contributed by atoms with Crippen molar-refractivity contribution in [2.24, 2.45) is 0 Å². The molecular formula is C13H13ClO2. The van der Waals surface area contributed by atoms with Crippen molar-refractivity contribution < 1.29 is 9.53 Å². The monoisotopic (exact) mass is 236 g/mol. The quantitative estimate of drug-likeness (QED) is 0.457. The van der Waals surface area contributed by atoms with Crippen molar-refractivity contribution in [2.75, 3.05) is 12.5 Å². The van der Waals surface area contributed by atoms with Crippen molar-refractivity contribution >= 4 is 17.4 Å². The molecule has 0 aliphatic heterocycles. The van der Waals surface area contributed by atoms with Gasteiger partial charge in [0.25, 0.3) is 0 Å². The molecule has 0 fully saturated rings. The molecule has 0 saturated carbocycles. The topological polar surface area (TPSA) is 26.3 Å². The van der Waals surface area contributed by atoms with Gasteiger partial charge in [-0.15, -0.1) is 11.6 Å². The number of alkyl halides is 1. The maximum atomic E-state index is 11.3. The highest BCUT2D eigenvalue weighted by Crippen LogP contribution is 2.13. The van der Waals surface area contributed by atoms with E-state index >= 15 is 0 Å². The van der Waals surface area contributed by atoms with Crippen LogP contribution in [-0.2, 0) is 0 Å². The number of ether oxygens (including phenoxy) is 1. The molecule has 1 aromatic rings. The number of hydrogen-bond donors (Lipinski definition) is 0. The van der Waals surface area contributed by atoms with Gasteiger partial charge in [-0.25, -0.2) is 0 Å². The van der Waals surface area contributed by atoms with E-state index in [2.05, 4.69) is 11.8 Å². The van der Waals surface area contributed by atoms with Crippen LogP contribution in [0.1, 0.15) is 23.7 Å². The molecule has 84 valence electrons. The molecule has 2 nitrogen and oxygen atoms in total. The molecule has 0 saturated heterocycles. The lowest BCUT2D eigenvalue weighted by Crippen LogP contribution is -1.97. The summed E-state index contributed by atoms with van der Waals surface area (Å²) in [7, 11) is 0. The van der Waals surface area contributed by atoms with Crippen LogP contribution < -0.4 is 4.74 Å². The average Bonchev–Trinajstić information content (AvgIpc) is 2.34. The Balaban J connectivity index is 2.54. The molecule has 0 unspecified atom stereocenters. The second-order valence-electron chi connectivity index (χ2n) is 3.08. The van der Waals surface area contributed by atoms with Crippen LogP contribution in [0.15, 0.2) is 24.3 Å². The maximum absolute atomic E-state index is 11.3. The summed E-state index contributed by atoms with van der Waals surface area (Å²) >= 11 is 5.39. The molecule has 0 radical (unpaired) electrons. The number of carbonyl (C=O) groups is 1. The molecular weight excluding hydrogens is 224 g/mol. The molecule has 0 amide bonds. The van der Waals surface area contributed by atoms with Gasteiger partial charge in [-0.05, 0) is 24.3 Å². The molecule has 0 N–H and O–H groups in total. The normalized spacial score (nSPS) is 9.12. The Kier molecular flexibility index (Phi) is 5.45. The van der Waals surface area contributed by atoms with Crippen LogP contribution in [0.25, 0.3) is 0 Å². The lowest BCUT2D eigenvalue weighted by Gasteiger charge is -2.02. The SMILES string of the molecule is CCC(=O)c1ccc(OCC#CCCl)cc1. The fourth-order valence-corrected chi connectivity index (χ4v) is 1.25. The third-order valence-electron chi connectivity index (χ3n) is 2.00. The lowest BCUT2D eigenvalue weighted by molar-refractivity contribution is 0.0988. The van der Waals surface area contributed by atoms with Gasteiger partial charge in [0.2, 0.25) is 0 Å². The van der Waals surface area contributed by atoms with E-state index in [1.54, 1.807) is 24.3 Å². The van der Waals surface area contributed by atoms with Crippen molar-refractivity contribution in [3.05, 3.63) is 29.8 Å². The van der Waals surface area contributed by atoms with Crippen molar-refractivity contribution in [1.82, 2.24) is 0 Å². The molecule has 1 aromatic carbocycles. The highest BCUT2D eigenvalue weighted by Gasteiger charge is 2.02. The van der Waals surface area contributed by atoms with E-state index < -0.39 is 0 Å². The minimum atomic E-state index is 0.133. The molecule has 0 spiro atoms. The van der Waals surface area contributed by atoms with E-state index in [1.807, 2.05) is 6.92 Å². The molecule has 1 rings (SSSR count). The van der Waals surface area contributed by atoms with E-state index in [-0.39, 0.29) is 5.78 Å². The predicted molar refractivity (Wildman–Crippen MR) is 65.1 cm³/mol. The van der Waals surface area contributed by atoms with Gasteiger partial charge >= 0.3 is 0 Å². The minimum absolute atomic E-state index is 0.133. The Hall–Kier alpha value is -1.46. The van der Waals surface area contributed by atoms with E-state index in [0.29, 0.717) is 30.2 Å². The first-order valence-corrected chi connectivity index (χ1v) is 5.59. The van der Waals surface area contributed by atoms with E-state index in [1.165, 1.54) is 0 Å². The van der Waals surface area contributed by atoms with Crippen molar-refractivity contribution in [3.8, 4) is 17.6 Å². The van der Waals surface area contributed by atoms with Crippen LogP contribution >= 0.6 is 11.6 Å². The third kappa shape index (κ3) is 3.96. The minimum Gasteiger partial charge on any atom is -0.481 e. The van der Waals surface area contributed by atoms with Crippen LogP contribution in [-0.4, -0.2) is 18.3 Å². The number of hydrogen-bond acceptors (Lipinski definition) is 2. The summed E-state index contributed by atoms with van der Waals surface area (Å²) in [6.07, 6.45) is 0.515. The third-order valence-corrected chi connectivity index (χ3v) is 2.13. The Morgan fingerprint density at radius 2 is 2.00 bits per heavy atom. The van der Waals surface area contributed by atoms with E-state index in [4.69, 9.17) is 16.3 Å². The summed E-state index contributed by atoms with van der Waals surface area (Å²) in [5.41, 5.74) is 0.710. The Morgan fingerprint density at radius 3 is 2.56 bits per heavy atom. The number of benzene rings is 1. The van der Waals surface area contributed by atoms with E-state index in [9.17, 15) is 4.79 Å². The van der Waals surface area contributed by atoms with E-state index in [0.717, 1.165) is 0 Å². The zero-order valence-corrected chi connectivity index (χ0v) is 9.88. The highest BCUT2D eigenvalue weighted by molar-refractivity contribution is 6.19. The first-order chi connectivity index (χ1) is 7.77. The molecule has 0 bridgehead atoms. The van der Waals surface area contributed by atoms with Crippen LogP contribution in [0.4, 0.5) is 0 Å². The van der Waals surface area contributed by atoms with Gasteiger partial charge in [0, 0.05) is 12.0 Å². The molecule has 0 aliphatic carbocycles. The Morgan fingerprint density at radius 1 is 1.31 bits per heavy atom.